The first-order chi connectivity index (χ1) is 16.2. The normalized spacial score (nSPS) is 23.7. The summed E-state index contributed by atoms with van der Waals surface area (Å²) >= 11 is 6.74. The first-order valence-electron chi connectivity index (χ1n) is 12.1. The summed E-state index contributed by atoms with van der Waals surface area (Å²) in [6.07, 6.45) is -1.33. The fraction of sp³-hybridized carbons (Fsp3) is 0.577. The number of benzene rings is 2. The fourth-order valence-electron chi connectivity index (χ4n) is 5.43. The second kappa shape index (κ2) is 10.3. The topological polar surface area (TPSA) is 49.8 Å². The zero-order valence-electron chi connectivity index (χ0n) is 19.3. The van der Waals surface area contributed by atoms with Crippen molar-refractivity contribution in [1.29, 1.82) is 0 Å². The molecule has 4 rings (SSSR count). The number of likely N-dealkylation sites (tertiary alicyclic amines) is 1. The number of hydrogen-bond acceptors (Lipinski definition) is 3. The molecule has 0 bridgehead atoms. The molecule has 1 heterocycles. The van der Waals surface area contributed by atoms with Crippen molar-refractivity contribution in [1.82, 2.24) is 4.90 Å². The molecule has 186 valence electrons. The number of rotatable bonds is 6. The van der Waals surface area contributed by atoms with E-state index >= 15 is 0 Å². The van der Waals surface area contributed by atoms with Crippen molar-refractivity contribution in [3.63, 3.8) is 0 Å². The van der Waals surface area contributed by atoms with E-state index in [1.165, 1.54) is 0 Å². The summed E-state index contributed by atoms with van der Waals surface area (Å²) in [6.45, 7) is 3.60. The number of nitrogens with zero attached hydrogens (tertiary/aromatic N) is 1. The summed E-state index contributed by atoms with van der Waals surface area (Å²) in [4.78, 5) is 13.6. The molecule has 0 amide bonds. The first kappa shape index (κ1) is 25.1. The van der Waals surface area contributed by atoms with Crippen LogP contribution in [0, 0.1) is 11.8 Å². The summed E-state index contributed by atoms with van der Waals surface area (Å²) in [5, 5.41) is 11.6. The second-order valence-electron chi connectivity index (χ2n) is 9.56. The van der Waals surface area contributed by atoms with E-state index in [0.717, 1.165) is 35.8 Å². The van der Waals surface area contributed by atoms with Gasteiger partial charge in [0.25, 0.3) is 0 Å². The lowest BCUT2D eigenvalue weighted by atomic mass is 9.87. The molecule has 1 atom stereocenters. The molecule has 0 spiro atoms. The van der Waals surface area contributed by atoms with Gasteiger partial charge in [0.2, 0.25) is 0 Å². The van der Waals surface area contributed by atoms with E-state index in [9.17, 15) is 23.1 Å². The van der Waals surface area contributed by atoms with Crippen LogP contribution >= 0.6 is 11.6 Å². The number of carboxylic acid groups (broad SMARTS) is 1. The van der Waals surface area contributed by atoms with Crippen molar-refractivity contribution in [3.05, 3.63) is 40.9 Å². The Morgan fingerprint density at radius 1 is 1.12 bits per heavy atom. The number of piperidine rings is 1. The van der Waals surface area contributed by atoms with Crippen LogP contribution in [0.15, 0.2) is 30.3 Å². The van der Waals surface area contributed by atoms with Crippen LogP contribution in [0.4, 0.5) is 13.2 Å². The summed E-state index contributed by atoms with van der Waals surface area (Å²) in [6, 6.07) is 10.1. The van der Waals surface area contributed by atoms with Crippen LogP contribution in [0.3, 0.4) is 0 Å². The second-order valence-corrected chi connectivity index (χ2v) is 9.94. The Kier molecular flexibility index (Phi) is 7.63. The molecule has 2 fully saturated rings. The van der Waals surface area contributed by atoms with Crippen LogP contribution in [-0.4, -0.2) is 41.3 Å². The minimum atomic E-state index is -4.14. The maximum absolute atomic E-state index is 13.0. The number of fused-ring (bicyclic) bond motifs is 1. The minimum Gasteiger partial charge on any atom is -0.489 e. The van der Waals surface area contributed by atoms with Crippen molar-refractivity contribution in [2.75, 3.05) is 13.1 Å². The fourth-order valence-corrected chi connectivity index (χ4v) is 5.70. The SMILES string of the molecule is CCC(c1ccc2ccc(O[C@H]3CC[C@@H](C(F)(F)F)CC3)c(Cl)c2c1)N1CCC(C(=O)O)CC1. The highest BCUT2D eigenvalue weighted by Gasteiger charge is 2.41. The lowest BCUT2D eigenvalue weighted by molar-refractivity contribution is -0.185. The van der Waals surface area contributed by atoms with Crippen LogP contribution in [-0.2, 0) is 4.79 Å². The van der Waals surface area contributed by atoms with E-state index in [2.05, 4.69) is 24.0 Å². The molecule has 2 aromatic rings. The zero-order chi connectivity index (χ0) is 24.5. The van der Waals surface area contributed by atoms with Crippen molar-refractivity contribution in [2.24, 2.45) is 11.8 Å². The number of alkyl halides is 3. The van der Waals surface area contributed by atoms with Gasteiger partial charge in [-0.2, -0.15) is 13.2 Å². The third kappa shape index (κ3) is 5.46. The van der Waals surface area contributed by atoms with Gasteiger partial charge >= 0.3 is 12.1 Å². The van der Waals surface area contributed by atoms with Gasteiger partial charge in [0, 0.05) is 11.4 Å². The highest BCUT2D eigenvalue weighted by molar-refractivity contribution is 6.37. The molecule has 1 unspecified atom stereocenters. The van der Waals surface area contributed by atoms with Crippen LogP contribution in [0.25, 0.3) is 10.8 Å². The Hall–Kier alpha value is -1.99. The summed E-state index contributed by atoms with van der Waals surface area (Å²) in [5.74, 6) is -1.72. The van der Waals surface area contributed by atoms with Crippen LogP contribution < -0.4 is 4.74 Å². The molecule has 1 aliphatic carbocycles. The predicted octanol–water partition coefficient (Wildman–Crippen LogP) is 7.24. The van der Waals surface area contributed by atoms with E-state index in [1.807, 2.05) is 12.1 Å². The number of hydrogen-bond donors (Lipinski definition) is 1. The van der Waals surface area contributed by atoms with E-state index in [1.54, 1.807) is 6.07 Å². The molecule has 1 aliphatic heterocycles. The average molecular weight is 498 g/mol. The average Bonchev–Trinajstić information content (AvgIpc) is 2.82. The van der Waals surface area contributed by atoms with E-state index < -0.39 is 18.1 Å². The van der Waals surface area contributed by atoms with Gasteiger partial charge in [-0.15, -0.1) is 0 Å². The first-order valence-corrected chi connectivity index (χ1v) is 12.5. The molecule has 1 N–H and O–H groups in total. The molecule has 34 heavy (non-hydrogen) atoms. The largest absolute Gasteiger partial charge is 0.489 e. The Bertz CT molecular complexity index is 1010. The Morgan fingerprint density at radius 2 is 1.76 bits per heavy atom. The van der Waals surface area contributed by atoms with Crippen LogP contribution in [0.1, 0.15) is 63.5 Å². The van der Waals surface area contributed by atoms with Crippen molar-refractivity contribution in [2.45, 2.75) is 70.2 Å². The molecule has 1 saturated heterocycles. The van der Waals surface area contributed by atoms with E-state index in [0.29, 0.717) is 36.5 Å². The number of halogens is 4. The lowest BCUT2D eigenvalue weighted by Gasteiger charge is -2.36. The number of ether oxygens (including phenoxy) is 1. The number of aliphatic carboxylic acids is 1. The van der Waals surface area contributed by atoms with Gasteiger partial charge in [0.15, 0.2) is 0 Å². The number of carboxylic acids is 1. The van der Waals surface area contributed by atoms with Gasteiger partial charge in [0.1, 0.15) is 5.75 Å². The monoisotopic (exact) mass is 497 g/mol. The minimum absolute atomic E-state index is 0.0836. The summed E-state index contributed by atoms with van der Waals surface area (Å²) in [5.41, 5.74) is 1.12. The smallest absolute Gasteiger partial charge is 0.391 e. The van der Waals surface area contributed by atoms with Crippen LogP contribution in [0.2, 0.25) is 5.02 Å². The summed E-state index contributed by atoms with van der Waals surface area (Å²) in [7, 11) is 0. The highest BCUT2D eigenvalue weighted by Crippen LogP contribution is 2.41. The molecule has 4 nitrogen and oxygen atoms in total. The van der Waals surface area contributed by atoms with Crippen molar-refractivity contribution in [3.8, 4) is 5.75 Å². The highest BCUT2D eigenvalue weighted by atomic mass is 35.5. The molecule has 2 aliphatic rings. The molecule has 2 aromatic carbocycles. The predicted molar refractivity (Wildman–Crippen MR) is 126 cm³/mol. The third-order valence-electron chi connectivity index (χ3n) is 7.47. The number of carbonyl (C=O) groups is 1. The quantitative estimate of drug-likeness (QED) is 0.457. The maximum atomic E-state index is 13.0. The Balaban J connectivity index is 1.50. The van der Waals surface area contributed by atoms with Crippen molar-refractivity contribution < 1.29 is 27.8 Å². The molecular weight excluding hydrogens is 467 g/mol. The van der Waals surface area contributed by atoms with Gasteiger partial charge in [-0.1, -0.05) is 36.7 Å². The lowest BCUT2D eigenvalue weighted by Crippen LogP contribution is -2.38. The molecule has 1 saturated carbocycles. The zero-order valence-corrected chi connectivity index (χ0v) is 20.0. The standard InChI is InChI=1S/C26H31ClF3NO3/c1-2-22(31-13-11-17(12-14-31)25(32)33)18-4-3-16-5-10-23(24(27)21(16)15-18)34-20-8-6-19(7-9-20)26(28,29)30/h3-5,10,15,17,19-20,22H,2,6-9,11-14H2,1H3,(H,32,33)/t19-,20+,22?. The van der Waals surface area contributed by atoms with Gasteiger partial charge in [0.05, 0.1) is 23.0 Å². The Labute approximate surface area is 203 Å². The third-order valence-corrected chi connectivity index (χ3v) is 7.86. The molecule has 0 aromatic heterocycles. The van der Waals surface area contributed by atoms with Crippen molar-refractivity contribution >= 4 is 28.3 Å². The van der Waals surface area contributed by atoms with Gasteiger partial charge < -0.3 is 9.84 Å². The van der Waals surface area contributed by atoms with E-state index in [-0.39, 0.29) is 30.9 Å². The van der Waals surface area contributed by atoms with Gasteiger partial charge in [-0.25, -0.2) is 0 Å². The van der Waals surface area contributed by atoms with E-state index in [4.69, 9.17) is 16.3 Å². The molecule has 0 radical (unpaired) electrons. The van der Waals surface area contributed by atoms with Gasteiger partial charge in [-0.05, 0) is 81.1 Å². The van der Waals surface area contributed by atoms with Crippen LogP contribution in [0.5, 0.6) is 5.75 Å². The molecular formula is C26H31ClF3NO3. The van der Waals surface area contributed by atoms with Gasteiger partial charge in [-0.3, -0.25) is 9.69 Å². The summed E-state index contributed by atoms with van der Waals surface area (Å²) < 4.78 is 45.0. The molecule has 8 heteroatoms. The maximum Gasteiger partial charge on any atom is 0.391 e. The Morgan fingerprint density at radius 3 is 2.35 bits per heavy atom.